The summed E-state index contributed by atoms with van der Waals surface area (Å²) in [5.41, 5.74) is -1.32. The van der Waals surface area contributed by atoms with Gasteiger partial charge in [-0.05, 0) is 25.0 Å². The van der Waals surface area contributed by atoms with Crippen LogP contribution in [-0.2, 0) is 4.79 Å². The largest absolute Gasteiger partial charge is 0.477 e. The zero-order valence-corrected chi connectivity index (χ0v) is 10.5. The molecule has 0 bridgehead atoms. The van der Waals surface area contributed by atoms with Gasteiger partial charge in [0.05, 0.1) is 12.2 Å². The maximum Gasteiger partial charge on any atom is 0.411 e. The van der Waals surface area contributed by atoms with Crippen molar-refractivity contribution >= 4 is 11.6 Å². The molecule has 0 saturated heterocycles. The van der Waals surface area contributed by atoms with Crippen LogP contribution in [0.4, 0.5) is 18.9 Å². The molecule has 1 aromatic rings. The number of fused-ring (bicyclic) bond motifs is 1. The van der Waals surface area contributed by atoms with Crippen molar-refractivity contribution in [2.75, 3.05) is 11.9 Å². The van der Waals surface area contributed by atoms with E-state index in [9.17, 15) is 18.0 Å². The molecule has 1 aliphatic heterocycles. The Morgan fingerprint density at radius 3 is 2.70 bits per heavy atom. The quantitative estimate of drug-likeness (QED) is 0.875. The summed E-state index contributed by atoms with van der Waals surface area (Å²) in [7, 11) is 0. The number of nitrogens with one attached hydrogen (secondary N) is 2. The monoisotopic (exact) mass is 286 g/mol. The second-order valence-electron chi connectivity index (χ2n) is 5.05. The van der Waals surface area contributed by atoms with E-state index in [0.29, 0.717) is 5.75 Å². The van der Waals surface area contributed by atoms with Crippen molar-refractivity contribution in [2.24, 2.45) is 0 Å². The number of halogens is 3. The van der Waals surface area contributed by atoms with Gasteiger partial charge in [-0.3, -0.25) is 4.79 Å². The average molecular weight is 286 g/mol. The first kappa shape index (κ1) is 13.1. The third-order valence-corrected chi connectivity index (χ3v) is 3.58. The van der Waals surface area contributed by atoms with Crippen molar-refractivity contribution in [3.63, 3.8) is 0 Å². The highest BCUT2D eigenvalue weighted by molar-refractivity contribution is 5.84. The van der Waals surface area contributed by atoms with E-state index < -0.39 is 23.7 Å². The Hall–Kier alpha value is -1.92. The third-order valence-electron chi connectivity index (χ3n) is 3.58. The second kappa shape index (κ2) is 4.29. The van der Waals surface area contributed by atoms with E-state index in [1.165, 1.54) is 0 Å². The minimum absolute atomic E-state index is 0.0705. The molecule has 1 aliphatic carbocycles. The topological polar surface area (TPSA) is 50.4 Å². The molecule has 1 aromatic carbocycles. The first-order chi connectivity index (χ1) is 9.41. The molecule has 2 aliphatic rings. The van der Waals surface area contributed by atoms with Crippen LogP contribution in [0.15, 0.2) is 24.3 Å². The number of benzene rings is 1. The van der Waals surface area contributed by atoms with Crippen LogP contribution in [0, 0.1) is 0 Å². The number of anilines is 1. The molecule has 0 aromatic heterocycles. The number of para-hydroxylation sites is 2. The van der Waals surface area contributed by atoms with Crippen molar-refractivity contribution in [3.05, 3.63) is 24.3 Å². The lowest BCUT2D eigenvalue weighted by Crippen LogP contribution is -2.54. The Morgan fingerprint density at radius 1 is 1.35 bits per heavy atom. The van der Waals surface area contributed by atoms with Gasteiger partial charge in [-0.2, -0.15) is 13.2 Å². The van der Waals surface area contributed by atoms with Gasteiger partial charge < -0.3 is 15.4 Å². The van der Waals surface area contributed by atoms with Crippen LogP contribution in [0.25, 0.3) is 0 Å². The van der Waals surface area contributed by atoms with Gasteiger partial charge in [0.25, 0.3) is 5.91 Å². The van der Waals surface area contributed by atoms with Gasteiger partial charge in [0.2, 0.25) is 0 Å². The number of carbonyl (C=O) groups excluding carboxylic acids is 1. The lowest BCUT2D eigenvalue weighted by Gasteiger charge is -2.29. The van der Waals surface area contributed by atoms with Crippen LogP contribution in [0.5, 0.6) is 5.75 Å². The molecule has 20 heavy (non-hydrogen) atoms. The Labute approximate surface area is 113 Å². The van der Waals surface area contributed by atoms with E-state index >= 15 is 0 Å². The SMILES string of the molecule is O=C(NC1(C(F)(F)F)CC1)C1CNc2ccccc2O1. The van der Waals surface area contributed by atoms with Crippen LogP contribution >= 0.6 is 0 Å². The van der Waals surface area contributed by atoms with Crippen molar-refractivity contribution in [1.29, 1.82) is 0 Å². The van der Waals surface area contributed by atoms with Gasteiger partial charge in [-0.1, -0.05) is 12.1 Å². The minimum atomic E-state index is -4.41. The number of alkyl halides is 3. The van der Waals surface area contributed by atoms with E-state index in [1.807, 2.05) is 0 Å². The lowest BCUT2D eigenvalue weighted by atomic mass is 10.2. The van der Waals surface area contributed by atoms with Crippen LogP contribution in [0.1, 0.15) is 12.8 Å². The van der Waals surface area contributed by atoms with Crippen molar-refractivity contribution in [3.8, 4) is 5.75 Å². The Kier molecular flexibility index (Phi) is 2.81. The highest BCUT2D eigenvalue weighted by Gasteiger charge is 2.64. The summed E-state index contributed by atoms with van der Waals surface area (Å²) in [5.74, 6) is -0.266. The molecular weight excluding hydrogens is 273 g/mol. The predicted octanol–water partition coefficient (Wildman–Crippen LogP) is 2.07. The second-order valence-corrected chi connectivity index (χ2v) is 5.05. The standard InChI is InChI=1S/C13H13F3N2O2/c14-13(15,16)12(5-6-12)18-11(19)10-7-17-8-3-1-2-4-9(8)20-10/h1-4,10,17H,5-7H2,(H,18,19). The molecule has 1 fully saturated rings. The van der Waals surface area contributed by atoms with Gasteiger partial charge in [0.15, 0.2) is 6.10 Å². The molecule has 7 heteroatoms. The van der Waals surface area contributed by atoms with Gasteiger partial charge in [0.1, 0.15) is 11.3 Å². The maximum atomic E-state index is 12.8. The summed E-state index contributed by atoms with van der Waals surface area (Å²) in [4.78, 5) is 11.9. The normalized spacial score (nSPS) is 23.1. The first-order valence-corrected chi connectivity index (χ1v) is 6.30. The lowest BCUT2D eigenvalue weighted by molar-refractivity contribution is -0.172. The summed E-state index contributed by atoms with van der Waals surface area (Å²) >= 11 is 0. The summed E-state index contributed by atoms with van der Waals surface area (Å²) < 4.78 is 43.8. The molecular formula is C13H13F3N2O2. The van der Waals surface area contributed by atoms with Gasteiger partial charge in [-0.25, -0.2) is 0 Å². The van der Waals surface area contributed by atoms with Gasteiger partial charge in [0, 0.05) is 0 Å². The molecule has 108 valence electrons. The van der Waals surface area contributed by atoms with Crippen LogP contribution in [0.3, 0.4) is 0 Å². The fourth-order valence-corrected chi connectivity index (χ4v) is 2.18. The van der Waals surface area contributed by atoms with Gasteiger partial charge in [-0.15, -0.1) is 0 Å². The summed E-state index contributed by atoms with van der Waals surface area (Å²) in [5, 5.41) is 5.05. The van der Waals surface area contributed by atoms with E-state index in [4.69, 9.17) is 4.74 Å². The molecule has 4 nitrogen and oxygen atoms in total. The predicted molar refractivity (Wildman–Crippen MR) is 65.5 cm³/mol. The number of ether oxygens (including phenoxy) is 1. The van der Waals surface area contributed by atoms with Crippen LogP contribution < -0.4 is 15.4 Å². The first-order valence-electron chi connectivity index (χ1n) is 6.30. The van der Waals surface area contributed by atoms with Crippen molar-refractivity contribution in [2.45, 2.75) is 30.7 Å². The molecule has 1 atom stereocenters. The van der Waals surface area contributed by atoms with E-state index in [1.54, 1.807) is 24.3 Å². The van der Waals surface area contributed by atoms with E-state index in [0.717, 1.165) is 5.69 Å². The molecule has 0 spiro atoms. The van der Waals surface area contributed by atoms with Crippen molar-refractivity contribution < 1.29 is 22.7 Å². The van der Waals surface area contributed by atoms with Crippen LogP contribution in [0.2, 0.25) is 0 Å². The molecule has 1 amide bonds. The Morgan fingerprint density at radius 2 is 2.05 bits per heavy atom. The Balaban J connectivity index is 1.68. The fourth-order valence-electron chi connectivity index (χ4n) is 2.18. The van der Waals surface area contributed by atoms with Crippen molar-refractivity contribution in [1.82, 2.24) is 5.32 Å². The van der Waals surface area contributed by atoms with Crippen LogP contribution in [-0.4, -0.2) is 30.3 Å². The molecule has 1 unspecified atom stereocenters. The molecule has 0 radical (unpaired) electrons. The highest BCUT2D eigenvalue weighted by Crippen LogP contribution is 2.49. The smallest absolute Gasteiger partial charge is 0.411 e. The molecule has 1 heterocycles. The molecule has 3 rings (SSSR count). The average Bonchev–Trinajstić information content (AvgIpc) is 3.18. The molecule has 2 N–H and O–H groups in total. The Bertz CT molecular complexity index is 541. The number of hydrogen-bond acceptors (Lipinski definition) is 3. The minimum Gasteiger partial charge on any atom is -0.477 e. The zero-order chi connectivity index (χ0) is 14.4. The maximum absolute atomic E-state index is 12.8. The number of hydrogen-bond donors (Lipinski definition) is 2. The number of rotatable bonds is 2. The third kappa shape index (κ3) is 2.17. The molecule has 1 saturated carbocycles. The van der Waals surface area contributed by atoms with Gasteiger partial charge >= 0.3 is 6.18 Å². The zero-order valence-electron chi connectivity index (χ0n) is 10.5. The summed E-state index contributed by atoms with van der Waals surface area (Å²) in [6, 6.07) is 6.98. The summed E-state index contributed by atoms with van der Waals surface area (Å²) in [6.07, 6.45) is -5.51. The fraction of sp³-hybridized carbons (Fsp3) is 0.462. The highest BCUT2D eigenvalue weighted by atomic mass is 19.4. The summed E-state index contributed by atoms with van der Waals surface area (Å²) in [6.45, 7) is 0.150. The van der Waals surface area contributed by atoms with E-state index in [2.05, 4.69) is 10.6 Å². The number of carbonyl (C=O) groups is 1. The van der Waals surface area contributed by atoms with E-state index in [-0.39, 0.29) is 19.4 Å². The number of amides is 1.